The second-order valence-corrected chi connectivity index (χ2v) is 5.92. The van der Waals surface area contributed by atoms with Gasteiger partial charge in [-0.2, -0.15) is 0 Å². The standard InChI is InChI=1S/C21H22N2O4/c1-22-20(25)17-9-4-15(5-10-17)8-13-19(24)23(2)14-16-6-11-18(12-7-16)21(26)27-3/h4-13H,14H2,1-3H3,(H,22,25)/b13-8+. The number of rotatable bonds is 6. The fourth-order valence-electron chi connectivity index (χ4n) is 2.40. The highest BCUT2D eigenvalue weighted by Crippen LogP contribution is 2.10. The number of nitrogens with one attached hydrogen (secondary N) is 1. The van der Waals surface area contributed by atoms with Gasteiger partial charge >= 0.3 is 5.97 Å². The summed E-state index contributed by atoms with van der Waals surface area (Å²) in [4.78, 5) is 36.8. The van der Waals surface area contributed by atoms with E-state index >= 15 is 0 Å². The Labute approximate surface area is 158 Å². The summed E-state index contributed by atoms with van der Waals surface area (Å²) < 4.78 is 4.66. The number of esters is 1. The molecule has 2 rings (SSSR count). The molecule has 140 valence electrons. The van der Waals surface area contributed by atoms with Crippen LogP contribution in [0.15, 0.2) is 54.6 Å². The summed E-state index contributed by atoms with van der Waals surface area (Å²) in [6.45, 7) is 0.417. The van der Waals surface area contributed by atoms with E-state index in [4.69, 9.17) is 0 Å². The SMILES string of the molecule is CNC(=O)c1ccc(/C=C/C(=O)N(C)Cc2ccc(C(=O)OC)cc2)cc1. The molecule has 2 amide bonds. The van der Waals surface area contributed by atoms with Crippen LogP contribution in [0.3, 0.4) is 0 Å². The van der Waals surface area contributed by atoms with E-state index in [1.165, 1.54) is 13.2 Å². The summed E-state index contributed by atoms with van der Waals surface area (Å²) in [5.41, 5.74) is 2.76. The maximum atomic E-state index is 12.3. The van der Waals surface area contributed by atoms with Crippen LogP contribution in [0.1, 0.15) is 31.8 Å². The van der Waals surface area contributed by atoms with Gasteiger partial charge < -0.3 is 15.0 Å². The molecule has 0 bridgehead atoms. The normalized spacial score (nSPS) is 10.5. The van der Waals surface area contributed by atoms with Crippen molar-refractivity contribution < 1.29 is 19.1 Å². The molecule has 0 saturated carbocycles. The summed E-state index contributed by atoms with van der Waals surface area (Å²) in [5, 5.41) is 2.56. The molecule has 0 aromatic heterocycles. The smallest absolute Gasteiger partial charge is 0.337 e. The van der Waals surface area contributed by atoms with Crippen molar-refractivity contribution in [2.45, 2.75) is 6.54 Å². The number of benzene rings is 2. The van der Waals surface area contributed by atoms with E-state index in [1.54, 1.807) is 73.6 Å². The molecular formula is C21H22N2O4. The minimum atomic E-state index is -0.392. The van der Waals surface area contributed by atoms with Gasteiger partial charge in [0.2, 0.25) is 5.91 Å². The summed E-state index contributed by atoms with van der Waals surface area (Å²) in [6.07, 6.45) is 3.19. The van der Waals surface area contributed by atoms with Crippen molar-refractivity contribution in [2.24, 2.45) is 0 Å². The van der Waals surface area contributed by atoms with Crippen LogP contribution < -0.4 is 5.32 Å². The highest BCUT2D eigenvalue weighted by Gasteiger charge is 2.08. The number of likely N-dealkylation sites (N-methyl/N-ethyl adjacent to an activating group) is 1. The van der Waals surface area contributed by atoms with Crippen molar-refractivity contribution in [3.05, 3.63) is 76.9 Å². The Kier molecular flexibility index (Phi) is 6.88. The third-order valence-electron chi connectivity index (χ3n) is 3.99. The molecule has 2 aromatic rings. The molecule has 0 spiro atoms. The Balaban J connectivity index is 1.95. The van der Waals surface area contributed by atoms with E-state index in [9.17, 15) is 14.4 Å². The Hall–Kier alpha value is -3.41. The minimum Gasteiger partial charge on any atom is -0.465 e. The Morgan fingerprint density at radius 2 is 1.59 bits per heavy atom. The lowest BCUT2D eigenvalue weighted by Gasteiger charge is -2.15. The molecule has 0 fully saturated rings. The fourth-order valence-corrected chi connectivity index (χ4v) is 2.40. The lowest BCUT2D eigenvalue weighted by molar-refractivity contribution is -0.125. The van der Waals surface area contributed by atoms with Crippen LogP contribution in [0.5, 0.6) is 0 Å². The van der Waals surface area contributed by atoms with Gasteiger partial charge in [0.05, 0.1) is 12.7 Å². The number of carbonyl (C=O) groups excluding carboxylic acids is 3. The van der Waals surface area contributed by atoms with Gasteiger partial charge in [0.25, 0.3) is 5.91 Å². The number of hydrogen-bond donors (Lipinski definition) is 1. The Bertz CT molecular complexity index is 839. The van der Waals surface area contributed by atoms with Crippen molar-refractivity contribution in [3.8, 4) is 0 Å². The average Bonchev–Trinajstić information content (AvgIpc) is 2.71. The van der Waals surface area contributed by atoms with Gasteiger partial charge in [-0.05, 0) is 41.5 Å². The molecule has 0 unspecified atom stereocenters. The quantitative estimate of drug-likeness (QED) is 0.630. The molecular weight excluding hydrogens is 344 g/mol. The van der Waals surface area contributed by atoms with E-state index < -0.39 is 5.97 Å². The van der Waals surface area contributed by atoms with E-state index in [1.807, 2.05) is 0 Å². The lowest BCUT2D eigenvalue weighted by Crippen LogP contribution is -2.24. The van der Waals surface area contributed by atoms with Crippen molar-refractivity contribution >= 4 is 23.9 Å². The average molecular weight is 366 g/mol. The van der Waals surface area contributed by atoms with E-state index in [0.717, 1.165) is 11.1 Å². The van der Waals surface area contributed by atoms with Gasteiger partial charge in [-0.15, -0.1) is 0 Å². The van der Waals surface area contributed by atoms with Gasteiger partial charge in [-0.3, -0.25) is 9.59 Å². The summed E-state index contributed by atoms with van der Waals surface area (Å²) in [5.74, 6) is -0.696. The second-order valence-electron chi connectivity index (χ2n) is 5.92. The second kappa shape index (κ2) is 9.33. The van der Waals surface area contributed by atoms with E-state index in [2.05, 4.69) is 10.1 Å². The van der Waals surface area contributed by atoms with Crippen molar-refractivity contribution in [3.63, 3.8) is 0 Å². The summed E-state index contributed by atoms with van der Waals surface area (Å²) in [7, 11) is 4.62. The van der Waals surface area contributed by atoms with Crippen LogP contribution in [-0.4, -0.2) is 43.9 Å². The molecule has 0 saturated heterocycles. The molecule has 27 heavy (non-hydrogen) atoms. The zero-order valence-corrected chi connectivity index (χ0v) is 15.6. The zero-order chi connectivity index (χ0) is 19.8. The highest BCUT2D eigenvalue weighted by molar-refractivity contribution is 5.95. The molecule has 0 radical (unpaired) electrons. The monoisotopic (exact) mass is 366 g/mol. The van der Waals surface area contributed by atoms with Crippen molar-refractivity contribution in [1.82, 2.24) is 10.2 Å². The van der Waals surface area contributed by atoms with E-state index in [0.29, 0.717) is 17.7 Å². The first-order valence-corrected chi connectivity index (χ1v) is 8.37. The Morgan fingerprint density at radius 1 is 1.00 bits per heavy atom. The fraction of sp³-hybridized carbons (Fsp3) is 0.190. The topological polar surface area (TPSA) is 75.7 Å². The van der Waals surface area contributed by atoms with Crippen LogP contribution in [0, 0.1) is 0 Å². The predicted molar refractivity (Wildman–Crippen MR) is 103 cm³/mol. The van der Waals surface area contributed by atoms with Gasteiger partial charge in [0.15, 0.2) is 0 Å². The van der Waals surface area contributed by atoms with Crippen LogP contribution in [0.2, 0.25) is 0 Å². The molecule has 0 aliphatic rings. The maximum Gasteiger partial charge on any atom is 0.337 e. The largest absolute Gasteiger partial charge is 0.465 e. The number of carbonyl (C=O) groups is 3. The molecule has 0 heterocycles. The first-order valence-electron chi connectivity index (χ1n) is 8.37. The highest BCUT2D eigenvalue weighted by atomic mass is 16.5. The lowest BCUT2D eigenvalue weighted by atomic mass is 10.1. The minimum absolute atomic E-state index is 0.151. The summed E-state index contributed by atoms with van der Waals surface area (Å²) >= 11 is 0. The van der Waals surface area contributed by atoms with Gasteiger partial charge in [-0.1, -0.05) is 24.3 Å². The summed E-state index contributed by atoms with van der Waals surface area (Å²) in [6, 6.07) is 13.9. The van der Waals surface area contributed by atoms with Crippen molar-refractivity contribution in [1.29, 1.82) is 0 Å². The van der Waals surface area contributed by atoms with Crippen LogP contribution >= 0.6 is 0 Å². The third kappa shape index (κ3) is 5.54. The zero-order valence-electron chi connectivity index (χ0n) is 15.6. The molecule has 0 aliphatic heterocycles. The Morgan fingerprint density at radius 3 is 2.15 bits per heavy atom. The molecule has 2 aromatic carbocycles. The number of amides is 2. The first-order chi connectivity index (χ1) is 12.9. The van der Waals surface area contributed by atoms with Gasteiger partial charge in [0, 0.05) is 32.3 Å². The van der Waals surface area contributed by atoms with Crippen LogP contribution in [0.25, 0.3) is 6.08 Å². The molecule has 0 aliphatic carbocycles. The number of hydrogen-bond acceptors (Lipinski definition) is 4. The number of ether oxygens (including phenoxy) is 1. The molecule has 6 heteroatoms. The van der Waals surface area contributed by atoms with Crippen LogP contribution in [0.4, 0.5) is 0 Å². The van der Waals surface area contributed by atoms with Gasteiger partial charge in [0.1, 0.15) is 0 Å². The number of methoxy groups -OCH3 is 1. The van der Waals surface area contributed by atoms with Crippen LogP contribution in [-0.2, 0) is 16.1 Å². The molecule has 1 N–H and O–H groups in total. The van der Waals surface area contributed by atoms with E-state index in [-0.39, 0.29) is 11.8 Å². The maximum absolute atomic E-state index is 12.3. The molecule has 6 nitrogen and oxygen atoms in total. The number of nitrogens with zero attached hydrogens (tertiary/aromatic N) is 1. The third-order valence-corrected chi connectivity index (χ3v) is 3.99. The predicted octanol–water partition coefficient (Wildman–Crippen LogP) is 2.50. The first kappa shape index (κ1) is 19.9. The van der Waals surface area contributed by atoms with Gasteiger partial charge in [-0.25, -0.2) is 4.79 Å². The molecule has 0 atom stereocenters. The van der Waals surface area contributed by atoms with Crippen molar-refractivity contribution in [2.75, 3.05) is 21.2 Å².